The quantitative estimate of drug-likeness (QED) is 0.787. The minimum atomic E-state index is -0.295. The Balaban J connectivity index is 1.56. The fourth-order valence-corrected chi connectivity index (χ4v) is 6.01. The normalized spacial score (nSPS) is 57.6. The Morgan fingerprint density at radius 2 is 1.58 bits per heavy atom. The Morgan fingerprint density at radius 1 is 1.00 bits per heavy atom. The zero-order valence-corrected chi connectivity index (χ0v) is 12.2. The average molecular weight is 265 g/mol. The van der Waals surface area contributed by atoms with E-state index in [0.717, 1.165) is 56.1 Å². The van der Waals surface area contributed by atoms with E-state index in [9.17, 15) is 5.11 Å². The van der Waals surface area contributed by atoms with Crippen molar-refractivity contribution in [1.29, 1.82) is 0 Å². The van der Waals surface area contributed by atoms with E-state index in [4.69, 9.17) is 4.74 Å². The molecule has 1 N–H and O–H groups in total. The van der Waals surface area contributed by atoms with Gasteiger partial charge in [0.15, 0.2) is 0 Å². The highest BCUT2D eigenvalue weighted by Crippen LogP contribution is 2.57. The summed E-state index contributed by atoms with van der Waals surface area (Å²) in [5, 5.41) is 10.7. The summed E-state index contributed by atoms with van der Waals surface area (Å²) < 4.78 is 5.89. The van der Waals surface area contributed by atoms with Crippen LogP contribution in [0, 0.1) is 17.8 Å². The third-order valence-electron chi connectivity index (χ3n) is 6.06. The number of nitrogens with zero attached hydrogens (tertiary/aromatic N) is 1. The smallest absolute Gasteiger partial charge is 0.0678 e. The zero-order valence-electron chi connectivity index (χ0n) is 12.2. The second kappa shape index (κ2) is 4.19. The summed E-state index contributed by atoms with van der Waals surface area (Å²) in [5.41, 5.74) is -0.295. The molecule has 0 radical (unpaired) electrons. The van der Waals surface area contributed by atoms with Crippen LogP contribution in [0.25, 0.3) is 0 Å². The molecule has 108 valence electrons. The Hall–Kier alpha value is -0.120. The van der Waals surface area contributed by atoms with Gasteiger partial charge in [0.1, 0.15) is 0 Å². The summed E-state index contributed by atoms with van der Waals surface area (Å²) in [6, 6.07) is 0.727. The number of ether oxygens (including phenoxy) is 1. The first-order valence-corrected chi connectivity index (χ1v) is 8.14. The van der Waals surface area contributed by atoms with Crippen LogP contribution in [-0.2, 0) is 4.74 Å². The van der Waals surface area contributed by atoms with E-state index in [-0.39, 0.29) is 5.60 Å². The molecule has 0 aromatic heterocycles. The molecule has 1 heterocycles. The first-order valence-electron chi connectivity index (χ1n) is 8.14. The molecule has 1 aliphatic heterocycles. The minimum absolute atomic E-state index is 0.295. The van der Waals surface area contributed by atoms with E-state index < -0.39 is 0 Å². The lowest BCUT2D eigenvalue weighted by molar-refractivity contribution is -0.179. The maximum atomic E-state index is 10.7. The summed E-state index contributed by atoms with van der Waals surface area (Å²) in [4.78, 5) is 2.70. The second-order valence-corrected chi connectivity index (χ2v) is 7.90. The summed E-state index contributed by atoms with van der Waals surface area (Å²) in [7, 11) is 0. The number of aliphatic hydroxyl groups is 1. The van der Waals surface area contributed by atoms with Crippen LogP contribution in [0.3, 0.4) is 0 Å². The molecule has 0 spiro atoms. The van der Waals surface area contributed by atoms with Gasteiger partial charge in [-0.25, -0.2) is 0 Å². The molecule has 0 aromatic carbocycles. The molecule has 3 nitrogen and oxygen atoms in total. The van der Waals surface area contributed by atoms with Crippen LogP contribution in [0.4, 0.5) is 0 Å². The highest BCUT2D eigenvalue weighted by molar-refractivity contribution is 5.09. The van der Waals surface area contributed by atoms with Crippen molar-refractivity contribution in [3.05, 3.63) is 0 Å². The molecule has 4 aliphatic carbocycles. The molecule has 5 fully saturated rings. The predicted molar refractivity (Wildman–Crippen MR) is 73.9 cm³/mol. The largest absolute Gasteiger partial charge is 0.390 e. The van der Waals surface area contributed by atoms with E-state index in [1.807, 2.05) is 0 Å². The van der Waals surface area contributed by atoms with Gasteiger partial charge in [-0.1, -0.05) is 0 Å². The van der Waals surface area contributed by atoms with Crippen LogP contribution >= 0.6 is 0 Å². The molecule has 4 saturated carbocycles. The summed E-state index contributed by atoms with van der Waals surface area (Å²) >= 11 is 0. The average Bonchev–Trinajstić information content (AvgIpc) is 2.23. The summed E-state index contributed by atoms with van der Waals surface area (Å²) in [6.07, 6.45) is 6.67. The van der Waals surface area contributed by atoms with Gasteiger partial charge in [-0.3, -0.25) is 4.90 Å². The van der Waals surface area contributed by atoms with Crippen LogP contribution < -0.4 is 0 Å². The van der Waals surface area contributed by atoms with Crippen molar-refractivity contribution in [3.8, 4) is 0 Å². The molecule has 1 saturated heterocycles. The van der Waals surface area contributed by atoms with E-state index >= 15 is 0 Å². The maximum Gasteiger partial charge on any atom is 0.0678 e. The fourth-order valence-electron chi connectivity index (χ4n) is 6.01. The van der Waals surface area contributed by atoms with Gasteiger partial charge in [0, 0.05) is 19.1 Å². The Labute approximate surface area is 116 Å². The topological polar surface area (TPSA) is 32.7 Å². The van der Waals surface area contributed by atoms with Gasteiger partial charge in [0.05, 0.1) is 17.8 Å². The van der Waals surface area contributed by atoms with Crippen molar-refractivity contribution in [1.82, 2.24) is 4.90 Å². The standard InChI is InChI=1S/C16H27NO2/c1-10-8-17(9-11(2)19-10)15-13-3-12-4-14(15)7-16(18,5-12)6-13/h10-15,18H,3-9H2,1-2H3. The van der Waals surface area contributed by atoms with E-state index in [2.05, 4.69) is 18.7 Å². The lowest BCUT2D eigenvalue weighted by atomic mass is 9.52. The lowest BCUT2D eigenvalue weighted by Crippen LogP contribution is -2.64. The molecule has 5 rings (SSSR count). The van der Waals surface area contributed by atoms with Crippen molar-refractivity contribution in [2.75, 3.05) is 13.1 Å². The fraction of sp³-hybridized carbons (Fsp3) is 1.00. The molecule has 3 heteroatoms. The molecule has 4 unspecified atom stereocenters. The minimum Gasteiger partial charge on any atom is -0.390 e. The van der Waals surface area contributed by atoms with Gasteiger partial charge < -0.3 is 9.84 Å². The summed E-state index contributed by atoms with van der Waals surface area (Å²) in [6.45, 7) is 6.58. The van der Waals surface area contributed by atoms with Crippen molar-refractivity contribution in [3.63, 3.8) is 0 Å². The molecule has 0 aromatic rings. The van der Waals surface area contributed by atoms with Gasteiger partial charge in [-0.2, -0.15) is 0 Å². The number of morpholine rings is 1. The van der Waals surface area contributed by atoms with Crippen LogP contribution in [-0.4, -0.2) is 46.9 Å². The van der Waals surface area contributed by atoms with Gasteiger partial charge in [-0.15, -0.1) is 0 Å². The lowest BCUT2D eigenvalue weighted by Gasteiger charge is -2.61. The molecule has 5 aliphatic rings. The molecule has 19 heavy (non-hydrogen) atoms. The zero-order chi connectivity index (χ0) is 13.2. The third kappa shape index (κ3) is 2.05. The molecular formula is C16H27NO2. The van der Waals surface area contributed by atoms with Gasteiger partial charge in [0.2, 0.25) is 0 Å². The monoisotopic (exact) mass is 265 g/mol. The van der Waals surface area contributed by atoms with Crippen molar-refractivity contribution < 1.29 is 9.84 Å². The van der Waals surface area contributed by atoms with Crippen LogP contribution in [0.5, 0.6) is 0 Å². The van der Waals surface area contributed by atoms with E-state index in [1.54, 1.807) is 0 Å². The first kappa shape index (κ1) is 12.6. The van der Waals surface area contributed by atoms with Gasteiger partial charge in [-0.05, 0) is 63.7 Å². The number of rotatable bonds is 1. The number of hydrogen-bond acceptors (Lipinski definition) is 3. The van der Waals surface area contributed by atoms with Gasteiger partial charge in [0.25, 0.3) is 0 Å². The Morgan fingerprint density at radius 3 is 2.11 bits per heavy atom. The van der Waals surface area contributed by atoms with Crippen molar-refractivity contribution in [2.45, 2.75) is 69.8 Å². The van der Waals surface area contributed by atoms with Crippen LogP contribution in [0.15, 0.2) is 0 Å². The third-order valence-corrected chi connectivity index (χ3v) is 6.06. The molecule has 4 atom stereocenters. The highest BCUT2D eigenvalue weighted by atomic mass is 16.5. The molecule has 0 amide bonds. The van der Waals surface area contributed by atoms with Gasteiger partial charge >= 0.3 is 0 Å². The van der Waals surface area contributed by atoms with E-state index in [1.165, 1.54) is 12.8 Å². The number of hydrogen-bond donors (Lipinski definition) is 1. The predicted octanol–water partition coefficient (Wildman–Crippen LogP) is 2.04. The van der Waals surface area contributed by atoms with E-state index in [0.29, 0.717) is 12.2 Å². The van der Waals surface area contributed by atoms with Crippen molar-refractivity contribution in [2.24, 2.45) is 17.8 Å². The SMILES string of the molecule is CC1CN(C2C3CC4CC2CC(O)(C4)C3)CC(C)O1. The molecular weight excluding hydrogens is 238 g/mol. The molecule has 4 bridgehead atoms. The highest BCUT2D eigenvalue weighted by Gasteiger charge is 2.56. The van der Waals surface area contributed by atoms with Crippen molar-refractivity contribution >= 4 is 0 Å². The van der Waals surface area contributed by atoms with Crippen LogP contribution in [0.1, 0.15) is 46.0 Å². The summed E-state index contributed by atoms with van der Waals surface area (Å²) in [5.74, 6) is 2.30. The second-order valence-electron chi connectivity index (χ2n) is 7.90. The Kier molecular flexibility index (Phi) is 2.78. The first-order chi connectivity index (χ1) is 9.02. The maximum absolute atomic E-state index is 10.7. The Bertz CT molecular complexity index is 346. The van der Waals surface area contributed by atoms with Crippen LogP contribution in [0.2, 0.25) is 0 Å².